The van der Waals surface area contributed by atoms with Gasteiger partial charge in [-0.05, 0) is 14.0 Å². The van der Waals surface area contributed by atoms with E-state index < -0.39 is 17.7 Å². The predicted molar refractivity (Wildman–Crippen MR) is 87.3 cm³/mol. The van der Waals surface area contributed by atoms with Gasteiger partial charge in [0.15, 0.2) is 5.72 Å². The average molecular weight is 360 g/mol. The van der Waals surface area contributed by atoms with Crippen molar-refractivity contribution >= 4 is 17.7 Å². The van der Waals surface area contributed by atoms with Gasteiger partial charge < -0.3 is 25.4 Å². The highest BCUT2D eigenvalue weighted by atomic mass is 16.5. The van der Waals surface area contributed by atoms with Gasteiger partial charge in [0.2, 0.25) is 11.6 Å². The van der Waals surface area contributed by atoms with Crippen LogP contribution in [0, 0.1) is 5.92 Å². The third kappa shape index (κ3) is 1.69. The topological polar surface area (TPSA) is 116 Å². The van der Waals surface area contributed by atoms with Crippen molar-refractivity contribution in [1.82, 2.24) is 14.7 Å². The standard InChI is InChI=1S/C17H20N4O5/c1-7-11(20-3-4-20)14(23)10-8(6-26-16(18)24)17(25)15-9(19(15)2)5-21(17)12(10)13(7)22/h8-9,15,25H,3-6H2,1-2H3,(H2,18,24). The molecule has 1 aliphatic carbocycles. The Morgan fingerprint density at radius 2 is 2.00 bits per heavy atom. The lowest BCUT2D eigenvalue weighted by atomic mass is 9.82. The highest BCUT2D eigenvalue weighted by molar-refractivity contribution is 6.25. The number of Topliss-reactive ketones (excluding diaryl/α,β-unsaturated/α-hetero) is 2. The van der Waals surface area contributed by atoms with Gasteiger partial charge in [0.25, 0.3) is 0 Å². The number of nitrogens with zero attached hydrogens (tertiary/aromatic N) is 3. The zero-order valence-electron chi connectivity index (χ0n) is 14.6. The maximum absolute atomic E-state index is 13.2. The van der Waals surface area contributed by atoms with Gasteiger partial charge in [-0.2, -0.15) is 0 Å². The molecular formula is C17H20N4O5. The number of carbonyl (C=O) groups is 3. The van der Waals surface area contributed by atoms with Gasteiger partial charge in [-0.15, -0.1) is 0 Å². The second kappa shape index (κ2) is 4.66. The number of ether oxygens (including phenoxy) is 1. The van der Waals surface area contributed by atoms with Crippen molar-refractivity contribution in [3.63, 3.8) is 0 Å². The van der Waals surface area contributed by atoms with Gasteiger partial charge in [-0.1, -0.05) is 0 Å². The molecule has 5 rings (SSSR count). The first-order chi connectivity index (χ1) is 12.3. The molecule has 3 N–H and O–H groups in total. The number of ketones is 2. The van der Waals surface area contributed by atoms with Crippen LogP contribution >= 0.6 is 0 Å². The Labute approximate surface area is 149 Å². The van der Waals surface area contributed by atoms with E-state index in [2.05, 4.69) is 0 Å². The first-order valence-corrected chi connectivity index (χ1v) is 8.72. The summed E-state index contributed by atoms with van der Waals surface area (Å²) in [6, 6.07) is -0.0916. The second-order valence-electron chi connectivity index (χ2n) is 7.64. The first kappa shape index (κ1) is 15.8. The molecule has 5 unspecified atom stereocenters. The summed E-state index contributed by atoms with van der Waals surface area (Å²) in [7, 11) is 1.89. The van der Waals surface area contributed by atoms with E-state index in [9.17, 15) is 19.5 Å². The molecule has 9 heteroatoms. The summed E-state index contributed by atoms with van der Waals surface area (Å²) in [5, 5.41) is 11.6. The first-order valence-electron chi connectivity index (χ1n) is 8.72. The molecule has 0 aromatic rings. The quantitative estimate of drug-likeness (QED) is 0.456. The fraction of sp³-hybridized carbons (Fsp3) is 0.588. The molecule has 4 aliphatic heterocycles. The zero-order valence-corrected chi connectivity index (χ0v) is 14.6. The second-order valence-corrected chi connectivity index (χ2v) is 7.64. The van der Waals surface area contributed by atoms with Crippen LogP contribution < -0.4 is 5.73 Å². The number of aliphatic hydroxyl groups is 1. The number of hydrogen-bond acceptors (Lipinski definition) is 8. The van der Waals surface area contributed by atoms with E-state index in [0.717, 1.165) is 13.1 Å². The Hall–Kier alpha value is -2.39. The normalized spacial score (nSPS) is 40.0. The average Bonchev–Trinajstić information content (AvgIpc) is 3.45. The van der Waals surface area contributed by atoms with E-state index in [0.29, 0.717) is 17.8 Å². The molecule has 0 saturated carbocycles. The number of likely N-dealkylation sites (N-methyl/N-ethyl adjacent to an activating group) is 1. The lowest BCUT2D eigenvalue weighted by molar-refractivity contribution is -0.126. The maximum Gasteiger partial charge on any atom is 0.404 e. The molecular weight excluding hydrogens is 340 g/mol. The molecule has 3 fully saturated rings. The van der Waals surface area contributed by atoms with Gasteiger partial charge >= 0.3 is 6.09 Å². The van der Waals surface area contributed by atoms with E-state index in [4.69, 9.17) is 10.5 Å². The number of nitrogens with two attached hydrogens (primary N) is 1. The van der Waals surface area contributed by atoms with Crippen LogP contribution in [0.4, 0.5) is 4.79 Å². The van der Waals surface area contributed by atoms with Crippen LogP contribution in [0.3, 0.4) is 0 Å². The largest absolute Gasteiger partial charge is 0.449 e. The minimum atomic E-state index is -1.44. The summed E-state index contributed by atoms with van der Waals surface area (Å²) in [4.78, 5) is 43.0. The fourth-order valence-corrected chi connectivity index (χ4v) is 5.01. The van der Waals surface area contributed by atoms with E-state index in [1.807, 2.05) is 16.8 Å². The van der Waals surface area contributed by atoms with E-state index in [1.165, 1.54) is 0 Å². The smallest absolute Gasteiger partial charge is 0.404 e. The highest BCUT2D eigenvalue weighted by Gasteiger charge is 2.74. The number of rotatable bonds is 3. The van der Waals surface area contributed by atoms with Crippen LogP contribution in [0.25, 0.3) is 0 Å². The SMILES string of the molecule is CC1=C(N2CC2)C(=O)C2=C(C1=O)N1CC3C(N3C)C1(O)C2COC(N)=O. The van der Waals surface area contributed by atoms with E-state index in [-0.39, 0.29) is 41.5 Å². The van der Waals surface area contributed by atoms with Crippen LogP contribution in [-0.2, 0) is 14.3 Å². The monoisotopic (exact) mass is 360 g/mol. The van der Waals surface area contributed by atoms with Crippen molar-refractivity contribution in [2.24, 2.45) is 11.7 Å². The molecule has 5 atom stereocenters. The van der Waals surface area contributed by atoms with Crippen LogP contribution in [0.2, 0.25) is 0 Å². The van der Waals surface area contributed by atoms with E-state index >= 15 is 0 Å². The molecule has 3 saturated heterocycles. The van der Waals surface area contributed by atoms with Crippen LogP contribution in [-0.4, -0.2) is 88.6 Å². The summed E-state index contributed by atoms with van der Waals surface area (Å²) in [5.74, 6) is -1.29. The molecule has 9 nitrogen and oxygen atoms in total. The number of hydrogen-bond donors (Lipinski definition) is 2. The molecule has 0 aromatic heterocycles. The number of piperazine rings is 1. The molecule has 4 heterocycles. The molecule has 0 spiro atoms. The third-order valence-electron chi connectivity index (χ3n) is 6.39. The summed E-state index contributed by atoms with van der Waals surface area (Å²) in [6.45, 7) is 3.36. The Morgan fingerprint density at radius 3 is 2.62 bits per heavy atom. The van der Waals surface area contributed by atoms with Crippen molar-refractivity contribution in [3.8, 4) is 0 Å². The van der Waals surface area contributed by atoms with Crippen LogP contribution in [0.15, 0.2) is 22.5 Å². The molecule has 138 valence electrons. The van der Waals surface area contributed by atoms with Gasteiger partial charge in [0.05, 0.1) is 23.4 Å². The summed E-state index contributed by atoms with van der Waals surface area (Å²) in [5.41, 5.74) is 5.00. The number of fused-ring (bicyclic) bond motifs is 4. The van der Waals surface area contributed by atoms with Crippen LogP contribution in [0.5, 0.6) is 0 Å². The Bertz CT molecular complexity index is 844. The summed E-state index contributed by atoms with van der Waals surface area (Å²) >= 11 is 0. The van der Waals surface area contributed by atoms with Gasteiger partial charge in [0.1, 0.15) is 6.61 Å². The molecule has 0 aromatic carbocycles. The Kier molecular flexibility index (Phi) is 2.84. The number of allylic oxidation sites excluding steroid dienone is 2. The van der Waals surface area contributed by atoms with Crippen molar-refractivity contribution in [2.45, 2.75) is 24.7 Å². The number of carbonyl (C=O) groups excluding carboxylic acids is 3. The molecule has 5 aliphatic rings. The van der Waals surface area contributed by atoms with Crippen LogP contribution in [0.1, 0.15) is 6.92 Å². The minimum absolute atomic E-state index is 0.117. The van der Waals surface area contributed by atoms with Gasteiger partial charge in [-0.25, -0.2) is 4.79 Å². The fourth-order valence-electron chi connectivity index (χ4n) is 5.01. The summed E-state index contributed by atoms with van der Waals surface area (Å²) < 4.78 is 4.98. The van der Waals surface area contributed by atoms with Crippen molar-refractivity contribution in [1.29, 1.82) is 0 Å². The maximum atomic E-state index is 13.2. The minimum Gasteiger partial charge on any atom is -0.449 e. The van der Waals surface area contributed by atoms with Crippen molar-refractivity contribution < 1.29 is 24.2 Å². The zero-order chi connectivity index (χ0) is 18.5. The molecule has 0 radical (unpaired) electrons. The Balaban J connectivity index is 1.61. The molecule has 26 heavy (non-hydrogen) atoms. The molecule has 0 bridgehead atoms. The predicted octanol–water partition coefficient (Wildman–Crippen LogP) is -1.61. The van der Waals surface area contributed by atoms with E-state index in [1.54, 1.807) is 11.8 Å². The number of primary amides is 1. The lowest BCUT2D eigenvalue weighted by Crippen LogP contribution is -2.53. The summed E-state index contributed by atoms with van der Waals surface area (Å²) in [6.07, 6.45) is -0.972. The number of amides is 1. The van der Waals surface area contributed by atoms with Crippen molar-refractivity contribution in [3.05, 3.63) is 22.5 Å². The van der Waals surface area contributed by atoms with Gasteiger partial charge in [-0.3, -0.25) is 14.5 Å². The van der Waals surface area contributed by atoms with Gasteiger partial charge in [0, 0.05) is 36.8 Å². The highest BCUT2D eigenvalue weighted by Crippen LogP contribution is 2.57. The van der Waals surface area contributed by atoms with Crippen molar-refractivity contribution in [2.75, 3.05) is 33.3 Å². The Morgan fingerprint density at radius 1 is 1.31 bits per heavy atom. The third-order valence-corrected chi connectivity index (χ3v) is 6.39. The lowest BCUT2D eigenvalue weighted by Gasteiger charge is -2.37. The molecule has 1 amide bonds.